The minimum absolute atomic E-state index is 0.130. The second-order valence-corrected chi connectivity index (χ2v) is 10.9. The van der Waals surface area contributed by atoms with Crippen LogP contribution in [-0.2, 0) is 19.1 Å². The number of hydrogen-bond donors (Lipinski definition) is 2. The Morgan fingerprint density at radius 2 is 1.91 bits per heavy atom. The van der Waals surface area contributed by atoms with Gasteiger partial charge in [0.05, 0.1) is 41.4 Å². The maximum Gasteiger partial charge on any atom is 0.309 e. The Bertz CT molecular complexity index is 935. The lowest BCUT2D eigenvalue weighted by molar-refractivity contribution is -0.155. The van der Waals surface area contributed by atoms with E-state index in [1.165, 1.54) is 6.08 Å². The van der Waals surface area contributed by atoms with Crippen LogP contribution in [0, 0.1) is 17.3 Å². The van der Waals surface area contributed by atoms with Crippen molar-refractivity contribution in [1.29, 1.82) is 0 Å². The van der Waals surface area contributed by atoms with Crippen LogP contribution in [0.5, 0.6) is 0 Å². The van der Waals surface area contributed by atoms with Gasteiger partial charge in [0.15, 0.2) is 6.10 Å². The molecule has 2 aliphatic rings. The molecule has 0 spiro atoms. The van der Waals surface area contributed by atoms with Crippen LogP contribution >= 0.6 is 0 Å². The van der Waals surface area contributed by atoms with Gasteiger partial charge < -0.3 is 19.7 Å². The fourth-order valence-electron chi connectivity index (χ4n) is 4.88. The van der Waals surface area contributed by atoms with Crippen LogP contribution in [0.25, 0.3) is 6.08 Å². The molecule has 0 amide bonds. The van der Waals surface area contributed by atoms with E-state index in [4.69, 9.17) is 9.47 Å². The minimum atomic E-state index is -1.36. The van der Waals surface area contributed by atoms with Crippen molar-refractivity contribution in [3.63, 3.8) is 0 Å². The number of aromatic nitrogens is 1. The standard InChI is InChI=1S/C27H38FNO6/c1-16-9-8-11-27(5)22(35-27)14-20(19(28)13-18-10-6-7-12-29-18)34-23(31)15-21(30)26(3,4)25(33)17(2)24(16)32/h6-7,10,12-13,16-17,20-22,24,30,32H,8-9,11,14-15H2,1-5H3/t16-,17+,20-,21-,22?,24-,27?/m0/s1. The van der Waals surface area contributed by atoms with Crippen LogP contribution in [0.2, 0.25) is 0 Å². The summed E-state index contributed by atoms with van der Waals surface area (Å²) >= 11 is 0. The van der Waals surface area contributed by atoms with Crippen LogP contribution in [0.3, 0.4) is 0 Å². The summed E-state index contributed by atoms with van der Waals surface area (Å²) in [5.41, 5.74) is -1.38. The van der Waals surface area contributed by atoms with Gasteiger partial charge >= 0.3 is 5.97 Å². The van der Waals surface area contributed by atoms with Gasteiger partial charge in [0.1, 0.15) is 11.6 Å². The number of rotatable bonds is 2. The number of Topliss-reactive ketones (excluding diaryl/α,β-unsaturated/α-hetero) is 1. The third-order valence-corrected chi connectivity index (χ3v) is 7.69. The molecule has 0 radical (unpaired) electrons. The largest absolute Gasteiger partial charge is 0.455 e. The first kappa shape index (κ1) is 27.4. The maximum atomic E-state index is 15.3. The Balaban J connectivity index is 1.86. The maximum absolute atomic E-state index is 15.3. The zero-order valence-electron chi connectivity index (χ0n) is 21.2. The molecule has 0 bridgehead atoms. The molecule has 7 nitrogen and oxygen atoms in total. The van der Waals surface area contributed by atoms with E-state index in [0.29, 0.717) is 18.5 Å². The minimum Gasteiger partial charge on any atom is -0.455 e. The highest BCUT2D eigenvalue weighted by Gasteiger charge is 2.53. The fourth-order valence-corrected chi connectivity index (χ4v) is 4.88. The molecule has 0 aliphatic carbocycles. The molecule has 35 heavy (non-hydrogen) atoms. The normalized spacial score (nSPS) is 37.3. The van der Waals surface area contributed by atoms with E-state index in [0.717, 1.165) is 6.42 Å². The smallest absolute Gasteiger partial charge is 0.309 e. The van der Waals surface area contributed by atoms with Crippen molar-refractivity contribution in [2.24, 2.45) is 17.3 Å². The molecule has 1 aromatic rings. The van der Waals surface area contributed by atoms with Crippen molar-refractivity contribution in [3.05, 3.63) is 35.9 Å². The van der Waals surface area contributed by atoms with Gasteiger partial charge in [-0.2, -0.15) is 0 Å². The number of ketones is 1. The highest BCUT2D eigenvalue weighted by atomic mass is 19.1. The summed E-state index contributed by atoms with van der Waals surface area (Å²) in [5, 5.41) is 21.5. The van der Waals surface area contributed by atoms with Gasteiger partial charge in [0.25, 0.3) is 0 Å². The molecule has 7 atom stereocenters. The molecule has 0 aromatic carbocycles. The number of hydrogen-bond acceptors (Lipinski definition) is 7. The average molecular weight is 492 g/mol. The predicted molar refractivity (Wildman–Crippen MR) is 129 cm³/mol. The van der Waals surface area contributed by atoms with Crippen molar-refractivity contribution in [3.8, 4) is 0 Å². The van der Waals surface area contributed by atoms with Crippen LogP contribution in [0.4, 0.5) is 4.39 Å². The lowest BCUT2D eigenvalue weighted by atomic mass is 9.73. The van der Waals surface area contributed by atoms with Crippen molar-refractivity contribution in [2.45, 2.75) is 96.7 Å². The Morgan fingerprint density at radius 1 is 1.20 bits per heavy atom. The van der Waals surface area contributed by atoms with Gasteiger partial charge in [-0.3, -0.25) is 14.6 Å². The van der Waals surface area contributed by atoms with Crippen molar-refractivity contribution >= 4 is 17.8 Å². The molecule has 8 heteroatoms. The first-order chi connectivity index (χ1) is 16.3. The number of carbonyl (C=O) groups is 2. The molecule has 2 aliphatic heterocycles. The van der Waals surface area contributed by atoms with Gasteiger partial charge in [-0.05, 0) is 43.9 Å². The molecular formula is C27H38FNO6. The monoisotopic (exact) mass is 491 g/mol. The summed E-state index contributed by atoms with van der Waals surface area (Å²) in [4.78, 5) is 30.0. The van der Waals surface area contributed by atoms with Crippen LogP contribution < -0.4 is 0 Å². The molecule has 1 aromatic heterocycles. The number of aliphatic hydroxyl groups excluding tert-OH is 2. The SMILES string of the molecule is C[C@H]1CCCC2(C)OC2C[C@@H](C(F)=Cc2ccccn2)OC(=O)C[C@H](O)C(C)(C)C(=O)[C@H](C)[C@H]1O. The second kappa shape index (κ2) is 10.8. The number of fused-ring (bicyclic) bond motifs is 1. The Labute approximate surface area is 206 Å². The van der Waals surface area contributed by atoms with E-state index >= 15 is 4.39 Å². The van der Waals surface area contributed by atoms with Crippen LogP contribution in [0.1, 0.15) is 72.4 Å². The molecule has 2 fully saturated rings. The third-order valence-electron chi connectivity index (χ3n) is 7.69. The topological polar surface area (TPSA) is 109 Å². The summed E-state index contributed by atoms with van der Waals surface area (Å²) in [6, 6.07) is 5.09. The molecule has 2 saturated heterocycles. The van der Waals surface area contributed by atoms with Gasteiger partial charge in [-0.25, -0.2) is 4.39 Å². The number of esters is 1. The lowest BCUT2D eigenvalue weighted by Gasteiger charge is -2.34. The zero-order chi connectivity index (χ0) is 26.0. The number of halogens is 1. The van der Waals surface area contributed by atoms with Gasteiger partial charge in [0, 0.05) is 18.5 Å². The number of pyridine rings is 1. The molecule has 3 heterocycles. The van der Waals surface area contributed by atoms with E-state index in [2.05, 4.69) is 4.98 Å². The van der Waals surface area contributed by atoms with E-state index in [1.807, 2.05) is 13.8 Å². The zero-order valence-corrected chi connectivity index (χ0v) is 21.2. The first-order valence-corrected chi connectivity index (χ1v) is 12.4. The molecule has 0 saturated carbocycles. The van der Waals surface area contributed by atoms with Gasteiger partial charge in [-0.1, -0.05) is 40.2 Å². The summed E-state index contributed by atoms with van der Waals surface area (Å²) < 4.78 is 26.6. The van der Waals surface area contributed by atoms with E-state index in [9.17, 15) is 19.8 Å². The van der Waals surface area contributed by atoms with E-state index in [-0.39, 0.29) is 24.2 Å². The number of aliphatic hydroxyl groups is 2. The van der Waals surface area contributed by atoms with Crippen LogP contribution in [-0.4, -0.2) is 57.0 Å². The molecule has 3 rings (SSSR count). The highest BCUT2D eigenvalue weighted by molar-refractivity contribution is 5.88. The van der Waals surface area contributed by atoms with E-state index in [1.54, 1.807) is 45.2 Å². The number of nitrogens with zero attached hydrogens (tertiary/aromatic N) is 1. The van der Waals surface area contributed by atoms with E-state index < -0.39 is 53.5 Å². The third kappa shape index (κ3) is 6.54. The van der Waals surface area contributed by atoms with Crippen LogP contribution in [0.15, 0.2) is 30.2 Å². The predicted octanol–water partition coefficient (Wildman–Crippen LogP) is 4.01. The number of carbonyl (C=O) groups excluding carboxylic acids is 2. The summed E-state index contributed by atoms with van der Waals surface area (Å²) in [7, 11) is 0. The fraction of sp³-hybridized carbons (Fsp3) is 0.667. The summed E-state index contributed by atoms with van der Waals surface area (Å²) in [6.45, 7) is 8.59. The molecular weight excluding hydrogens is 453 g/mol. The Kier molecular flexibility index (Phi) is 8.50. The number of cyclic esters (lactones) is 1. The molecule has 2 N–H and O–H groups in total. The van der Waals surface area contributed by atoms with Gasteiger partial charge in [0.2, 0.25) is 0 Å². The number of ether oxygens (including phenoxy) is 2. The van der Waals surface area contributed by atoms with Crippen molar-refractivity contribution in [2.75, 3.05) is 0 Å². The average Bonchev–Trinajstić information content (AvgIpc) is 3.45. The van der Waals surface area contributed by atoms with Crippen molar-refractivity contribution < 1.29 is 33.7 Å². The lowest BCUT2D eigenvalue weighted by Crippen LogP contribution is -2.45. The highest BCUT2D eigenvalue weighted by Crippen LogP contribution is 2.45. The quantitative estimate of drug-likeness (QED) is 0.475. The molecule has 2 unspecified atom stereocenters. The Hall–Kier alpha value is -2.16. The second-order valence-electron chi connectivity index (χ2n) is 10.9. The van der Waals surface area contributed by atoms with Crippen molar-refractivity contribution in [1.82, 2.24) is 4.98 Å². The first-order valence-electron chi connectivity index (χ1n) is 12.4. The Morgan fingerprint density at radius 3 is 2.57 bits per heavy atom. The molecule has 194 valence electrons. The summed E-state index contributed by atoms with van der Waals surface area (Å²) in [6.07, 6.45) is 0.859. The number of epoxide rings is 1. The summed E-state index contributed by atoms with van der Waals surface area (Å²) in [5.74, 6) is -2.66. The van der Waals surface area contributed by atoms with Gasteiger partial charge in [-0.15, -0.1) is 0 Å².